The van der Waals surface area contributed by atoms with Crippen molar-refractivity contribution in [2.45, 2.75) is 32.2 Å². The second-order valence-corrected chi connectivity index (χ2v) is 5.61. The molecule has 0 aliphatic rings. The zero-order valence-electron chi connectivity index (χ0n) is 10.7. The third-order valence-corrected chi connectivity index (χ3v) is 3.76. The van der Waals surface area contributed by atoms with Crippen LogP contribution < -0.4 is 11.1 Å². The minimum absolute atomic E-state index is 0.267. The highest BCUT2D eigenvalue weighted by molar-refractivity contribution is 7.00. The van der Waals surface area contributed by atoms with Crippen molar-refractivity contribution in [3.05, 3.63) is 17.2 Å². The highest BCUT2D eigenvalue weighted by atomic mass is 35.5. The molecule has 1 aromatic heterocycles. The largest absolute Gasteiger partial charge is 0.321 e. The standard InChI is InChI=1S/C12H15ClN4OS/c1-3-6-12(2,14)11(18)15-9-7(13)4-5-8-10(9)17-19-16-8/h4-5H,3,6,14H2,1-2H3,(H,15,18). The van der Waals surface area contributed by atoms with E-state index in [0.29, 0.717) is 28.2 Å². The smallest absolute Gasteiger partial charge is 0.244 e. The normalized spacial score (nSPS) is 14.3. The second kappa shape index (κ2) is 5.40. The molecule has 0 aliphatic carbocycles. The summed E-state index contributed by atoms with van der Waals surface area (Å²) in [5.41, 5.74) is 6.85. The fourth-order valence-corrected chi connectivity index (χ4v) is 2.58. The van der Waals surface area contributed by atoms with Crippen molar-refractivity contribution in [1.29, 1.82) is 0 Å². The molecule has 1 heterocycles. The molecule has 19 heavy (non-hydrogen) atoms. The molecule has 1 unspecified atom stereocenters. The summed E-state index contributed by atoms with van der Waals surface area (Å²) >= 11 is 7.19. The van der Waals surface area contributed by atoms with Crippen LogP contribution in [-0.4, -0.2) is 20.2 Å². The second-order valence-electron chi connectivity index (χ2n) is 4.68. The molecular formula is C12H15ClN4OS. The predicted molar refractivity (Wildman–Crippen MR) is 78.6 cm³/mol. The lowest BCUT2D eigenvalue weighted by Crippen LogP contribution is -2.48. The first-order valence-corrected chi connectivity index (χ1v) is 7.07. The van der Waals surface area contributed by atoms with E-state index in [4.69, 9.17) is 17.3 Å². The van der Waals surface area contributed by atoms with Crippen LogP contribution in [0.25, 0.3) is 11.0 Å². The summed E-state index contributed by atoms with van der Waals surface area (Å²) in [5, 5.41) is 3.20. The molecule has 0 saturated heterocycles. The maximum Gasteiger partial charge on any atom is 0.244 e. The summed E-state index contributed by atoms with van der Waals surface area (Å²) in [6.45, 7) is 3.69. The lowest BCUT2D eigenvalue weighted by molar-refractivity contribution is -0.120. The lowest BCUT2D eigenvalue weighted by atomic mass is 9.96. The number of aromatic nitrogens is 2. The molecule has 3 N–H and O–H groups in total. The van der Waals surface area contributed by atoms with Gasteiger partial charge in [0.15, 0.2) is 0 Å². The van der Waals surface area contributed by atoms with E-state index in [1.165, 1.54) is 0 Å². The quantitative estimate of drug-likeness (QED) is 0.909. The lowest BCUT2D eigenvalue weighted by Gasteiger charge is -2.23. The molecule has 0 bridgehead atoms. The van der Waals surface area contributed by atoms with Gasteiger partial charge in [-0.25, -0.2) is 0 Å². The average Bonchev–Trinajstić information content (AvgIpc) is 2.81. The summed E-state index contributed by atoms with van der Waals surface area (Å²) in [7, 11) is 0. The first kappa shape index (κ1) is 14.2. The van der Waals surface area contributed by atoms with E-state index in [0.717, 1.165) is 18.1 Å². The molecule has 0 aliphatic heterocycles. The number of carbonyl (C=O) groups is 1. The molecule has 0 spiro atoms. The Morgan fingerprint density at radius 2 is 2.26 bits per heavy atom. The maximum atomic E-state index is 12.2. The minimum Gasteiger partial charge on any atom is -0.321 e. The Bertz CT molecular complexity index is 611. The summed E-state index contributed by atoms with van der Waals surface area (Å²) in [6.07, 6.45) is 1.43. The molecule has 102 valence electrons. The molecule has 0 saturated carbocycles. The predicted octanol–water partition coefficient (Wildman–Crippen LogP) is 2.80. The molecule has 0 radical (unpaired) electrons. The van der Waals surface area contributed by atoms with Crippen LogP contribution in [0, 0.1) is 0 Å². The first-order chi connectivity index (χ1) is 8.95. The Balaban J connectivity index is 2.33. The van der Waals surface area contributed by atoms with Gasteiger partial charge in [0.05, 0.1) is 28.0 Å². The van der Waals surface area contributed by atoms with Gasteiger partial charge in [-0.15, -0.1) is 0 Å². The van der Waals surface area contributed by atoms with Gasteiger partial charge in [0.25, 0.3) is 0 Å². The van der Waals surface area contributed by atoms with Gasteiger partial charge in [0.1, 0.15) is 11.0 Å². The number of rotatable bonds is 4. The van der Waals surface area contributed by atoms with Gasteiger partial charge in [0, 0.05) is 0 Å². The number of halogens is 1. The van der Waals surface area contributed by atoms with Gasteiger partial charge in [0.2, 0.25) is 5.91 Å². The van der Waals surface area contributed by atoms with Crippen LogP contribution >= 0.6 is 23.3 Å². The Kier molecular flexibility index (Phi) is 4.03. The summed E-state index contributed by atoms with van der Waals surface area (Å²) in [6, 6.07) is 3.46. The van der Waals surface area contributed by atoms with Crippen LogP contribution in [-0.2, 0) is 4.79 Å². The van der Waals surface area contributed by atoms with Crippen molar-refractivity contribution in [3.8, 4) is 0 Å². The van der Waals surface area contributed by atoms with E-state index >= 15 is 0 Å². The Morgan fingerprint density at radius 3 is 2.95 bits per heavy atom. The first-order valence-electron chi connectivity index (χ1n) is 5.97. The van der Waals surface area contributed by atoms with Gasteiger partial charge in [-0.3, -0.25) is 4.79 Å². The number of anilines is 1. The van der Waals surface area contributed by atoms with E-state index in [1.807, 2.05) is 6.92 Å². The van der Waals surface area contributed by atoms with Crippen molar-refractivity contribution in [1.82, 2.24) is 8.75 Å². The van der Waals surface area contributed by atoms with Crippen LogP contribution in [0.5, 0.6) is 0 Å². The maximum absolute atomic E-state index is 12.2. The van der Waals surface area contributed by atoms with Crippen molar-refractivity contribution in [3.63, 3.8) is 0 Å². The fraction of sp³-hybridized carbons (Fsp3) is 0.417. The molecule has 5 nitrogen and oxygen atoms in total. The minimum atomic E-state index is -0.927. The number of fused-ring (bicyclic) bond motifs is 1. The van der Waals surface area contributed by atoms with Crippen molar-refractivity contribution in [2.75, 3.05) is 5.32 Å². The number of nitrogens with zero attached hydrogens (tertiary/aromatic N) is 2. The monoisotopic (exact) mass is 298 g/mol. The van der Waals surface area contributed by atoms with Crippen LogP contribution in [0.1, 0.15) is 26.7 Å². The van der Waals surface area contributed by atoms with Crippen LogP contribution in [0.15, 0.2) is 12.1 Å². The Morgan fingerprint density at radius 1 is 1.53 bits per heavy atom. The SMILES string of the molecule is CCCC(C)(N)C(=O)Nc1c(Cl)ccc2nsnc12. The molecule has 1 atom stereocenters. The number of hydrogen-bond acceptors (Lipinski definition) is 5. The number of amides is 1. The zero-order valence-corrected chi connectivity index (χ0v) is 12.3. The van der Waals surface area contributed by atoms with Crippen molar-refractivity contribution >= 4 is 46.0 Å². The topological polar surface area (TPSA) is 80.9 Å². The number of nitrogens with one attached hydrogen (secondary N) is 1. The van der Waals surface area contributed by atoms with E-state index in [1.54, 1.807) is 19.1 Å². The number of carbonyl (C=O) groups excluding carboxylic acids is 1. The molecule has 1 aromatic carbocycles. The van der Waals surface area contributed by atoms with Crippen molar-refractivity contribution < 1.29 is 4.79 Å². The molecular weight excluding hydrogens is 284 g/mol. The van der Waals surface area contributed by atoms with E-state index in [2.05, 4.69) is 14.1 Å². The Labute approximate surface area is 120 Å². The van der Waals surface area contributed by atoms with E-state index < -0.39 is 5.54 Å². The van der Waals surface area contributed by atoms with Gasteiger partial charge in [-0.1, -0.05) is 24.9 Å². The number of hydrogen-bond donors (Lipinski definition) is 2. The summed E-state index contributed by atoms with van der Waals surface area (Å²) in [4.78, 5) is 12.2. The fourth-order valence-electron chi connectivity index (χ4n) is 1.83. The molecule has 2 aromatic rings. The van der Waals surface area contributed by atoms with Crippen LogP contribution in [0.4, 0.5) is 5.69 Å². The summed E-state index contributed by atoms with van der Waals surface area (Å²) in [5.74, 6) is -0.267. The highest BCUT2D eigenvalue weighted by Crippen LogP contribution is 2.30. The number of benzene rings is 1. The highest BCUT2D eigenvalue weighted by Gasteiger charge is 2.28. The third kappa shape index (κ3) is 2.86. The summed E-state index contributed by atoms with van der Waals surface area (Å²) < 4.78 is 8.27. The van der Waals surface area contributed by atoms with Gasteiger partial charge in [-0.2, -0.15) is 8.75 Å². The molecule has 7 heteroatoms. The van der Waals surface area contributed by atoms with Crippen LogP contribution in [0.3, 0.4) is 0 Å². The van der Waals surface area contributed by atoms with E-state index in [-0.39, 0.29) is 5.91 Å². The average molecular weight is 299 g/mol. The van der Waals surface area contributed by atoms with Crippen molar-refractivity contribution in [2.24, 2.45) is 5.73 Å². The Hall–Kier alpha value is -1.24. The van der Waals surface area contributed by atoms with Gasteiger partial charge >= 0.3 is 0 Å². The molecule has 2 rings (SSSR count). The molecule has 0 fully saturated rings. The van der Waals surface area contributed by atoms with Gasteiger partial charge < -0.3 is 11.1 Å². The third-order valence-electron chi connectivity index (χ3n) is 2.90. The number of nitrogens with two attached hydrogens (primary N) is 1. The van der Waals surface area contributed by atoms with E-state index in [9.17, 15) is 4.79 Å². The van der Waals surface area contributed by atoms with Crippen LogP contribution in [0.2, 0.25) is 5.02 Å². The zero-order chi connectivity index (χ0) is 14.0. The van der Waals surface area contributed by atoms with Gasteiger partial charge in [-0.05, 0) is 25.5 Å². The molecule has 1 amide bonds.